The SMILES string of the molecule is C=COCCOCC(S)CNc1ccccc1. The Morgan fingerprint density at radius 2 is 2.06 bits per heavy atom. The first-order chi connectivity index (χ1) is 8.33. The Balaban J connectivity index is 2.05. The fourth-order valence-corrected chi connectivity index (χ4v) is 1.46. The molecule has 1 atom stereocenters. The highest BCUT2D eigenvalue weighted by Gasteiger charge is 2.02. The van der Waals surface area contributed by atoms with Gasteiger partial charge in [-0.15, -0.1) is 0 Å². The highest BCUT2D eigenvalue weighted by atomic mass is 32.1. The molecule has 0 saturated heterocycles. The third-order valence-corrected chi connectivity index (χ3v) is 2.42. The summed E-state index contributed by atoms with van der Waals surface area (Å²) in [6, 6.07) is 10.0. The molecular weight excluding hydrogens is 234 g/mol. The molecule has 0 saturated carbocycles. The van der Waals surface area contributed by atoms with Crippen molar-refractivity contribution in [1.29, 1.82) is 0 Å². The predicted octanol–water partition coefficient (Wildman–Crippen LogP) is 2.57. The molecule has 0 spiro atoms. The molecule has 1 aromatic carbocycles. The number of para-hydroxylation sites is 1. The first-order valence-electron chi connectivity index (χ1n) is 5.60. The van der Waals surface area contributed by atoms with Gasteiger partial charge in [0.15, 0.2) is 0 Å². The number of anilines is 1. The van der Waals surface area contributed by atoms with Crippen LogP contribution in [-0.2, 0) is 9.47 Å². The van der Waals surface area contributed by atoms with Crippen molar-refractivity contribution in [2.75, 3.05) is 31.7 Å². The molecule has 0 radical (unpaired) electrons. The molecule has 0 aliphatic rings. The van der Waals surface area contributed by atoms with E-state index in [-0.39, 0.29) is 5.25 Å². The van der Waals surface area contributed by atoms with Gasteiger partial charge in [0.2, 0.25) is 0 Å². The summed E-state index contributed by atoms with van der Waals surface area (Å²) in [5.41, 5.74) is 1.10. The molecule has 1 rings (SSSR count). The van der Waals surface area contributed by atoms with Crippen LogP contribution < -0.4 is 5.32 Å². The molecule has 0 aliphatic heterocycles. The minimum atomic E-state index is 0.166. The summed E-state index contributed by atoms with van der Waals surface area (Å²) >= 11 is 4.44. The van der Waals surface area contributed by atoms with Crippen LogP contribution in [0.15, 0.2) is 43.2 Å². The lowest BCUT2D eigenvalue weighted by atomic mass is 10.3. The van der Waals surface area contributed by atoms with E-state index in [0.29, 0.717) is 19.8 Å². The molecular formula is C13H19NO2S. The highest BCUT2D eigenvalue weighted by Crippen LogP contribution is 2.06. The van der Waals surface area contributed by atoms with Gasteiger partial charge in [-0.2, -0.15) is 12.6 Å². The second kappa shape index (κ2) is 8.96. The lowest BCUT2D eigenvalue weighted by molar-refractivity contribution is 0.0872. The van der Waals surface area contributed by atoms with Gasteiger partial charge in [-0.1, -0.05) is 24.8 Å². The van der Waals surface area contributed by atoms with Crippen LogP contribution in [0.2, 0.25) is 0 Å². The molecule has 0 aromatic heterocycles. The molecule has 0 bridgehead atoms. The normalized spacial score (nSPS) is 11.8. The van der Waals surface area contributed by atoms with Gasteiger partial charge in [-0.05, 0) is 12.1 Å². The summed E-state index contributed by atoms with van der Waals surface area (Å²) < 4.78 is 10.3. The Morgan fingerprint density at radius 1 is 1.29 bits per heavy atom. The molecule has 17 heavy (non-hydrogen) atoms. The van der Waals surface area contributed by atoms with E-state index < -0.39 is 0 Å². The predicted molar refractivity (Wildman–Crippen MR) is 74.7 cm³/mol. The molecule has 1 N–H and O–H groups in total. The number of ether oxygens (including phenoxy) is 2. The average Bonchev–Trinajstić information content (AvgIpc) is 2.37. The van der Waals surface area contributed by atoms with Gasteiger partial charge in [0, 0.05) is 17.5 Å². The average molecular weight is 253 g/mol. The number of nitrogens with one attached hydrogen (secondary N) is 1. The van der Waals surface area contributed by atoms with Crippen LogP contribution in [0.25, 0.3) is 0 Å². The molecule has 3 nitrogen and oxygen atoms in total. The van der Waals surface area contributed by atoms with E-state index in [1.807, 2.05) is 30.3 Å². The number of rotatable bonds is 9. The van der Waals surface area contributed by atoms with Crippen molar-refractivity contribution >= 4 is 18.3 Å². The van der Waals surface area contributed by atoms with E-state index in [1.165, 1.54) is 6.26 Å². The standard InChI is InChI=1S/C13H19NO2S/c1-2-15-8-9-16-11-13(17)10-14-12-6-4-3-5-7-12/h2-7,13-14,17H,1,8-11H2. The molecule has 0 aliphatic carbocycles. The lowest BCUT2D eigenvalue weighted by Crippen LogP contribution is -2.20. The molecule has 0 fully saturated rings. The third-order valence-electron chi connectivity index (χ3n) is 2.09. The molecule has 1 unspecified atom stereocenters. The van der Waals surface area contributed by atoms with Crippen LogP contribution in [0, 0.1) is 0 Å². The molecule has 4 heteroatoms. The topological polar surface area (TPSA) is 30.5 Å². The monoisotopic (exact) mass is 253 g/mol. The maximum atomic E-state index is 5.40. The Labute approximate surface area is 108 Å². The highest BCUT2D eigenvalue weighted by molar-refractivity contribution is 7.81. The van der Waals surface area contributed by atoms with E-state index in [4.69, 9.17) is 9.47 Å². The quantitative estimate of drug-likeness (QED) is 0.403. The number of hydrogen-bond acceptors (Lipinski definition) is 4. The van der Waals surface area contributed by atoms with Crippen molar-refractivity contribution in [2.45, 2.75) is 5.25 Å². The van der Waals surface area contributed by atoms with E-state index in [1.54, 1.807) is 0 Å². The van der Waals surface area contributed by atoms with Gasteiger partial charge in [0.05, 0.1) is 19.5 Å². The summed E-state index contributed by atoms with van der Waals surface area (Å²) in [4.78, 5) is 0. The zero-order chi connectivity index (χ0) is 12.3. The largest absolute Gasteiger partial charge is 0.499 e. The zero-order valence-electron chi connectivity index (χ0n) is 9.84. The Bertz CT molecular complexity index is 306. The number of hydrogen-bond donors (Lipinski definition) is 2. The molecule has 0 heterocycles. The van der Waals surface area contributed by atoms with Crippen LogP contribution in [0.5, 0.6) is 0 Å². The van der Waals surface area contributed by atoms with Gasteiger partial charge in [0.25, 0.3) is 0 Å². The van der Waals surface area contributed by atoms with Crippen LogP contribution >= 0.6 is 12.6 Å². The van der Waals surface area contributed by atoms with Gasteiger partial charge >= 0.3 is 0 Å². The van der Waals surface area contributed by atoms with E-state index >= 15 is 0 Å². The summed E-state index contributed by atoms with van der Waals surface area (Å²) in [5, 5.41) is 3.46. The van der Waals surface area contributed by atoms with Crippen LogP contribution in [0.3, 0.4) is 0 Å². The van der Waals surface area contributed by atoms with Crippen molar-refractivity contribution in [3.63, 3.8) is 0 Å². The van der Waals surface area contributed by atoms with Crippen molar-refractivity contribution in [3.05, 3.63) is 43.2 Å². The maximum Gasteiger partial charge on any atom is 0.111 e. The minimum absolute atomic E-state index is 0.166. The summed E-state index contributed by atoms with van der Waals surface area (Å²) in [6.45, 7) is 5.93. The Kier molecular flexibility index (Phi) is 7.34. The fourth-order valence-electron chi connectivity index (χ4n) is 1.26. The molecule has 1 aromatic rings. The maximum absolute atomic E-state index is 5.40. The van der Waals surface area contributed by atoms with E-state index in [9.17, 15) is 0 Å². The van der Waals surface area contributed by atoms with Crippen molar-refractivity contribution < 1.29 is 9.47 Å². The van der Waals surface area contributed by atoms with E-state index in [2.05, 4.69) is 24.5 Å². The second-order valence-corrected chi connectivity index (χ2v) is 4.24. The summed E-state index contributed by atoms with van der Waals surface area (Å²) in [5.74, 6) is 0. The fraction of sp³-hybridized carbons (Fsp3) is 0.385. The van der Waals surface area contributed by atoms with Gasteiger partial charge in [-0.25, -0.2) is 0 Å². The molecule has 0 amide bonds. The molecule has 94 valence electrons. The van der Waals surface area contributed by atoms with Crippen molar-refractivity contribution in [3.8, 4) is 0 Å². The second-order valence-electron chi connectivity index (χ2n) is 3.51. The first kappa shape index (κ1) is 13.9. The first-order valence-corrected chi connectivity index (χ1v) is 6.12. The lowest BCUT2D eigenvalue weighted by Gasteiger charge is -2.13. The summed E-state index contributed by atoms with van der Waals surface area (Å²) in [7, 11) is 0. The van der Waals surface area contributed by atoms with E-state index in [0.717, 1.165) is 12.2 Å². The number of thiol groups is 1. The van der Waals surface area contributed by atoms with Crippen LogP contribution in [-0.4, -0.2) is 31.6 Å². The Morgan fingerprint density at radius 3 is 2.76 bits per heavy atom. The van der Waals surface area contributed by atoms with Gasteiger partial charge < -0.3 is 14.8 Å². The van der Waals surface area contributed by atoms with Gasteiger partial charge in [-0.3, -0.25) is 0 Å². The van der Waals surface area contributed by atoms with Crippen LogP contribution in [0.1, 0.15) is 0 Å². The minimum Gasteiger partial charge on any atom is -0.499 e. The van der Waals surface area contributed by atoms with Crippen LogP contribution in [0.4, 0.5) is 5.69 Å². The van der Waals surface area contributed by atoms with Crippen molar-refractivity contribution in [1.82, 2.24) is 0 Å². The smallest absolute Gasteiger partial charge is 0.111 e. The third kappa shape index (κ3) is 6.92. The Hall–Kier alpha value is -1.13. The van der Waals surface area contributed by atoms with Gasteiger partial charge in [0.1, 0.15) is 6.61 Å². The number of benzene rings is 1. The summed E-state index contributed by atoms with van der Waals surface area (Å²) in [6.07, 6.45) is 1.42. The zero-order valence-corrected chi connectivity index (χ0v) is 10.7. The van der Waals surface area contributed by atoms with Crippen molar-refractivity contribution in [2.24, 2.45) is 0 Å².